The number of benzene rings is 1. The van der Waals surface area contributed by atoms with Gasteiger partial charge in [0.1, 0.15) is 0 Å². The topological polar surface area (TPSA) is 29.1 Å². The number of amides is 1. The molecule has 1 unspecified atom stereocenters. The maximum absolute atomic E-state index is 12.1. The number of rotatable bonds is 3. The molecule has 0 radical (unpaired) electrons. The van der Waals surface area contributed by atoms with Gasteiger partial charge in [-0.1, -0.05) is 47.8 Å². The van der Waals surface area contributed by atoms with E-state index in [1.807, 2.05) is 13.8 Å². The Kier molecular flexibility index (Phi) is 3.67. The third kappa shape index (κ3) is 2.25. The number of halogens is 1. The SMILES string of the molecule is CCC1(C(Br)c2ccc3c(c2)C(C)(C)C(=O)N3)CCCC1. The summed E-state index contributed by atoms with van der Waals surface area (Å²) in [5, 5.41) is 2.99. The molecule has 0 spiro atoms. The van der Waals surface area contributed by atoms with Crippen molar-refractivity contribution in [2.45, 2.75) is 63.1 Å². The largest absolute Gasteiger partial charge is 0.325 e. The van der Waals surface area contributed by atoms with Crippen LogP contribution in [0.1, 0.15) is 68.8 Å². The molecule has 2 aliphatic rings. The Labute approximate surface area is 135 Å². The lowest BCUT2D eigenvalue weighted by atomic mass is 9.76. The minimum absolute atomic E-state index is 0.104. The molecular formula is C18H24BrNO. The molecule has 1 saturated carbocycles. The van der Waals surface area contributed by atoms with Gasteiger partial charge in [0, 0.05) is 10.5 Å². The van der Waals surface area contributed by atoms with Gasteiger partial charge in [0.25, 0.3) is 0 Å². The van der Waals surface area contributed by atoms with E-state index in [0.717, 1.165) is 11.3 Å². The molecule has 2 nitrogen and oxygen atoms in total. The lowest BCUT2D eigenvalue weighted by Crippen LogP contribution is -2.27. The van der Waals surface area contributed by atoms with Crippen molar-refractivity contribution >= 4 is 27.5 Å². The number of carbonyl (C=O) groups excluding carboxylic acids is 1. The highest BCUT2D eigenvalue weighted by molar-refractivity contribution is 9.09. The van der Waals surface area contributed by atoms with Crippen LogP contribution in [-0.2, 0) is 10.2 Å². The molecule has 114 valence electrons. The van der Waals surface area contributed by atoms with Crippen molar-refractivity contribution in [1.29, 1.82) is 0 Å². The zero-order valence-electron chi connectivity index (χ0n) is 13.1. The van der Waals surface area contributed by atoms with Crippen molar-refractivity contribution in [1.82, 2.24) is 0 Å². The summed E-state index contributed by atoms with van der Waals surface area (Å²) in [6, 6.07) is 6.49. The number of anilines is 1. The van der Waals surface area contributed by atoms with Gasteiger partial charge in [-0.2, -0.15) is 0 Å². The summed E-state index contributed by atoms with van der Waals surface area (Å²) < 4.78 is 0. The van der Waals surface area contributed by atoms with Crippen LogP contribution in [0.2, 0.25) is 0 Å². The van der Waals surface area contributed by atoms with Crippen LogP contribution >= 0.6 is 15.9 Å². The number of nitrogens with one attached hydrogen (secondary N) is 1. The Morgan fingerprint density at radius 1 is 1.29 bits per heavy atom. The van der Waals surface area contributed by atoms with Crippen LogP contribution in [0.3, 0.4) is 0 Å². The van der Waals surface area contributed by atoms with Crippen molar-refractivity contribution < 1.29 is 4.79 Å². The van der Waals surface area contributed by atoms with E-state index in [0.29, 0.717) is 10.2 Å². The normalized spacial score (nSPS) is 23.7. The number of hydrogen-bond donors (Lipinski definition) is 1. The van der Waals surface area contributed by atoms with Gasteiger partial charge in [-0.25, -0.2) is 0 Å². The summed E-state index contributed by atoms with van der Waals surface area (Å²) in [4.78, 5) is 12.5. The molecule has 1 amide bonds. The Bertz CT molecular complexity index is 573. The first-order valence-electron chi connectivity index (χ1n) is 8.01. The van der Waals surface area contributed by atoms with Crippen molar-refractivity contribution in [2.75, 3.05) is 5.32 Å². The first-order valence-corrected chi connectivity index (χ1v) is 8.92. The standard InChI is InChI=1S/C18H24BrNO/c1-4-18(9-5-6-10-18)15(19)12-7-8-14-13(11-12)17(2,3)16(21)20-14/h7-8,11,15H,4-6,9-10H2,1-3H3,(H,20,21). The van der Waals surface area contributed by atoms with Crippen LogP contribution < -0.4 is 5.32 Å². The predicted molar refractivity (Wildman–Crippen MR) is 91.0 cm³/mol. The molecule has 1 aromatic carbocycles. The summed E-state index contributed by atoms with van der Waals surface area (Å²) in [5.41, 5.74) is 3.40. The van der Waals surface area contributed by atoms with Crippen LogP contribution in [0.15, 0.2) is 18.2 Å². The fraction of sp³-hybridized carbons (Fsp3) is 0.611. The Morgan fingerprint density at radius 2 is 1.95 bits per heavy atom. The summed E-state index contributed by atoms with van der Waals surface area (Å²) in [6.07, 6.45) is 6.49. The first-order chi connectivity index (χ1) is 9.90. The minimum Gasteiger partial charge on any atom is -0.325 e. The van der Waals surface area contributed by atoms with Gasteiger partial charge in [-0.05, 0) is 55.7 Å². The summed E-state index contributed by atoms with van der Waals surface area (Å²) in [5.74, 6) is 0.104. The average Bonchev–Trinajstić information content (AvgIpc) is 3.04. The van der Waals surface area contributed by atoms with E-state index in [1.165, 1.54) is 37.7 Å². The van der Waals surface area contributed by atoms with E-state index < -0.39 is 5.41 Å². The van der Waals surface area contributed by atoms with Crippen molar-refractivity contribution in [3.8, 4) is 0 Å². The average molecular weight is 350 g/mol. The van der Waals surface area contributed by atoms with Crippen LogP contribution in [0.4, 0.5) is 5.69 Å². The molecule has 1 aliphatic carbocycles. The fourth-order valence-corrected chi connectivity index (χ4v) is 5.03. The second-order valence-electron chi connectivity index (χ2n) is 7.17. The van der Waals surface area contributed by atoms with Crippen LogP contribution in [-0.4, -0.2) is 5.91 Å². The van der Waals surface area contributed by atoms with E-state index in [-0.39, 0.29) is 5.91 Å². The Hall–Kier alpha value is -0.830. The van der Waals surface area contributed by atoms with Crippen LogP contribution in [0.25, 0.3) is 0 Å². The van der Waals surface area contributed by atoms with Crippen molar-refractivity contribution in [2.24, 2.45) is 5.41 Å². The highest BCUT2D eigenvalue weighted by atomic mass is 79.9. The molecule has 3 rings (SSSR count). The van der Waals surface area contributed by atoms with E-state index in [4.69, 9.17) is 0 Å². The Balaban J connectivity index is 1.98. The lowest BCUT2D eigenvalue weighted by Gasteiger charge is -2.34. The van der Waals surface area contributed by atoms with Gasteiger partial charge in [0.2, 0.25) is 5.91 Å². The molecule has 1 aliphatic heterocycles. The maximum atomic E-state index is 12.1. The highest BCUT2D eigenvalue weighted by Crippen LogP contribution is 2.54. The van der Waals surface area contributed by atoms with Gasteiger partial charge >= 0.3 is 0 Å². The van der Waals surface area contributed by atoms with E-state index in [1.54, 1.807) is 0 Å². The zero-order valence-corrected chi connectivity index (χ0v) is 14.7. The molecular weight excluding hydrogens is 326 g/mol. The molecule has 1 fully saturated rings. The number of fused-ring (bicyclic) bond motifs is 1. The second-order valence-corrected chi connectivity index (χ2v) is 8.09. The van der Waals surface area contributed by atoms with Gasteiger partial charge in [-0.3, -0.25) is 4.79 Å². The van der Waals surface area contributed by atoms with Crippen LogP contribution in [0, 0.1) is 5.41 Å². The highest BCUT2D eigenvalue weighted by Gasteiger charge is 2.42. The van der Waals surface area contributed by atoms with Crippen molar-refractivity contribution in [3.05, 3.63) is 29.3 Å². The van der Waals surface area contributed by atoms with E-state index >= 15 is 0 Å². The van der Waals surface area contributed by atoms with Gasteiger partial charge < -0.3 is 5.32 Å². The molecule has 0 aromatic heterocycles. The minimum atomic E-state index is -0.423. The fourth-order valence-electron chi connectivity index (χ4n) is 3.97. The van der Waals surface area contributed by atoms with E-state index in [2.05, 4.69) is 46.4 Å². The van der Waals surface area contributed by atoms with Gasteiger partial charge in [0.15, 0.2) is 0 Å². The third-order valence-electron chi connectivity index (χ3n) is 5.67. The Morgan fingerprint density at radius 3 is 2.57 bits per heavy atom. The molecule has 0 bridgehead atoms. The number of hydrogen-bond acceptors (Lipinski definition) is 1. The van der Waals surface area contributed by atoms with Crippen LogP contribution in [0.5, 0.6) is 0 Å². The third-order valence-corrected chi connectivity index (χ3v) is 7.17. The quantitative estimate of drug-likeness (QED) is 0.734. The van der Waals surface area contributed by atoms with Crippen molar-refractivity contribution in [3.63, 3.8) is 0 Å². The predicted octanol–water partition coefficient (Wildman–Crippen LogP) is 5.32. The first kappa shape index (κ1) is 15.1. The monoisotopic (exact) mass is 349 g/mol. The maximum Gasteiger partial charge on any atom is 0.234 e. The number of alkyl halides is 1. The molecule has 1 heterocycles. The molecule has 3 heteroatoms. The zero-order chi connectivity index (χ0) is 15.3. The van der Waals surface area contributed by atoms with E-state index in [9.17, 15) is 4.79 Å². The number of carbonyl (C=O) groups is 1. The molecule has 21 heavy (non-hydrogen) atoms. The van der Waals surface area contributed by atoms with Gasteiger partial charge in [-0.15, -0.1) is 0 Å². The summed E-state index contributed by atoms with van der Waals surface area (Å²) >= 11 is 3.99. The lowest BCUT2D eigenvalue weighted by molar-refractivity contribution is -0.119. The summed E-state index contributed by atoms with van der Waals surface area (Å²) in [6.45, 7) is 6.32. The smallest absolute Gasteiger partial charge is 0.234 e. The van der Waals surface area contributed by atoms with Gasteiger partial charge in [0.05, 0.1) is 5.41 Å². The summed E-state index contributed by atoms with van der Waals surface area (Å²) in [7, 11) is 0. The molecule has 0 saturated heterocycles. The molecule has 1 N–H and O–H groups in total. The molecule has 1 atom stereocenters. The second kappa shape index (κ2) is 5.12. The molecule has 1 aromatic rings.